The third kappa shape index (κ3) is 4.74. The van der Waals surface area contributed by atoms with Gasteiger partial charge in [0.05, 0.1) is 17.8 Å². The fourth-order valence-electron chi connectivity index (χ4n) is 4.24. The van der Waals surface area contributed by atoms with Crippen molar-refractivity contribution in [3.05, 3.63) is 58.8 Å². The molecule has 1 atom stereocenters. The maximum atomic E-state index is 12.9. The zero-order valence-electron chi connectivity index (χ0n) is 18.7. The van der Waals surface area contributed by atoms with Crippen LogP contribution in [-0.4, -0.2) is 39.6 Å². The lowest BCUT2D eigenvalue weighted by molar-refractivity contribution is -0.142. The van der Waals surface area contributed by atoms with Crippen molar-refractivity contribution >= 4 is 11.8 Å². The highest BCUT2D eigenvalue weighted by molar-refractivity contribution is 5.88. The second kappa shape index (κ2) is 9.38. The van der Waals surface area contributed by atoms with E-state index in [2.05, 4.69) is 15.6 Å². The summed E-state index contributed by atoms with van der Waals surface area (Å²) in [6.45, 7) is 6.61. The number of aryl methyl sites for hydroxylation is 3. The molecule has 32 heavy (non-hydrogen) atoms. The number of aromatic nitrogens is 2. The van der Waals surface area contributed by atoms with Crippen molar-refractivity contribution in [3.8, 4) is 11.1 Å². The number of hydrogen-bond acceptors (Lipinski definition) is 6. The Morgan fingerprint density at radius 1 is 1.09 bits per heavy atom. The zero-order chi connectivity index (χ0) is 22.7. The first-order valence-corrected chi connectivity index (χ1v) is 10.9. The Morgan fingerprint density at radius 2 is 1.88 bits per heavy atom. The SMILES string of the molecule is Cc1cc(CC(=O)N2CCCCC2C(=O)NCc2ccc(-c3c(C)noc3C)cc2)on1. The topological polar surface area (TPSA) is 101 Å². The van der Waals surface area contributed by atoms with Gasteiger partial charge in [0.1, 0.15) is 17.6 Å². The smallest absolute Gasteiger partial charge is 0.243 e. The molecule has 8 nitrogen and oxygen atoms in total. The van der Waals surface area contributed by atoms with Gasteiger partial charge in [0, 0.05) is 24.7 Å². The minimum absolute atomic E-state index is 0.107. The van der Waals surface area contributed by atoms with Crippen molar-refractivity contribution in [2.24, 2.45) is 0 Å². The van der Waals surface area contributed by atoms with E-state index in [1.807, 2.05) is 45.0 Å². The van der Waals surface area contributed by atoms with E-state index in [0.717, 1.165) is 46.7 Å². The summed E-state index contributed by atoms with van der Waals surface area (Å²) in [7, 11) is 0. The van der Waals surface area contributed by atoms with Gasteiger partial charge in [0.25, 0.3) is 0 Å². The molecule has 4 rings (SSSR count). The third-order valence-corrected chi connectivity index (χ3v) is 5.87. The second-order valence-corrected chi connectivity index (χ2v) is 8.32. The molecule has 1 N–H and O–H groups in total. The average Bonchev–Trinajstić information content (AvgIpc) is 3.36. The standard InChI is InChI=1S/C24H28N4O4/c1-15-12-20(32-26-15)13-22(29)28-11-5-4-6-21(28)24(30)25-14-18-7-9-19(10-8-18)23-16(2)27-31-17(23)3/h7-10,12,21H,4-6,11,13-14H2,1-3H3,(H,25,30). The highest BCUT2D eigenvalue weighted by atomic mass is 16.5. The molecule has 168 valence electrons. The molecular formula is C24H28N4O4. The number of amides is 2. The lowest BCUT2D eigenvalue weighted by Gasteiger charge is -2.34. The summed E-state index contributed by atoms with van der Waals surface area (Å²) < 4.78 is 10.4. The van der Waals surface area contributed by atoms with Crippen LogP contribution in [0.1, 0.15) is 47.7 Å². The van der Waals surface area contributed by atoms with E-state index >= 15 is 0 Å². The Kier molecular flexibility index (Phi) is 6.39. The van der Waals surface area contributed by atoms with Gasteiger partial charge in [-0.1, -0.05) is 34.6 Å². The molecule has 1 unspecified atom stereocenters. The molecule has 0 radical (unpaired) electrons. The van der Waals surface area contributed by atoms with Crippen LogP contribution in [0.4, 0.5) is 0 Å². The molecule has 3 aromatic rings. The summed E-state index contributed by atoms with van der Waals surface area (Å²) in [6.07, 6.45) is 2.61. The number of likely N-dealkylation sites (tertiary alicyclic amines) is 1. The van der Waals surface area contributed by atoms with Gasteiger partial charge in [-0.05, 0) is 51.2 Å². The summed E-state index contributed by atoms with van der Waals surface area (Å²) in [6, 6.07) is 9.27. The fraction of sp³-hybridized carbons (Fsp3) is 0.417. The first kappa shape index (κ1) is 21.8. The molecule has 1 aliphatic heterocycles. The van der Waals surface area contributed by atoms with Crippen LogP contribution in [0.2, 0.25) is 0 Å². The van der Waals surface area contributed by atoms with Crippen LogP contribution in [0, 0.1) is 20.8 Å². The molecule has 8 heteroatoms. The van der Waals surface area contributed by atoms with Crippen LogP contribution < -0.4 is 5.32 Å². The Morgan fingerprint density at radius 3 is 2.53 bits per heavy atom. The van der Waals surface area contributed by atoms with Crippen LogP contribution in [0.5, 0.6) is 0 Å². The Hall–Kier alpha value is -3.42. The summed E-state index contributed by atoms with van der Waals surface area (Å²) >= 11 is 0. The van der Waals surface area contributed by atoms with E-state index in [0.29, 0.717) is 25.3 Å². The Labute approximate surface area is 186 Å². The summed E-state index contributed by atoms with van der Waals surface area (Å²) in [5, 5.41) is 10.8. The van der Waals surface area contributed by atoms with Crippen molar-refractivity contribution in [2.45, 2.75) is 59.0 Å². The number of benzene rings is 1. The molecule has 0 bridgehead atoms. The van der Waals surface area contributed by atoms with Crippen LogP contribution in [-0.2, 0) is 22.6 Å². The van der Waals surface area contributed by atoms with Gasteiger partial charge in [-0.15, -0.1) is 0 Å². The van der Waals surface area contributed by atoms with E-state index in [1.165, 1.54) is 0 Å². The maximum absolute atomic E-state index is 12.9. The minimum Gasteiger partial charge on any atom is -0.361 e. The number of nitrogens with zero attached hydrogens (tertiary/aromatic N) is 3. The van der Waals surface area contributed by atoms with Gasteiger partial charge in [0.2, 0.25) is 11.8 Å². The van der Waals surface area contributed by atoms with Crippen LogP contribution in [0.15, 0.2) is 39.4 Å². The van der Waals surface area contributed by atoms with Crippen molar-refractivity contribution < 1.29 is 18.6 Å². The molecule has 1 aliphatic rings. The second-order valence-electron chi connectivity index (χ2n) is 8.32. The molecule has 1 fully saturated rings. The van der Waals surface area contributed by atoms with Gasteiger partial charge in [-0.25, -0.2) is 0 Å². The van der Waals surface area contributed by atoms with E-state index < -0.39 is 6.04 Å². The third-order valence-electron chi connectivity index (χ3n) is 5.87. The lowest BCUT2D eigenvalue weighted by Crippen LogP contribution is -2.52. The van der Waals surface area contributed by atoms with Gasteiger partial charge in [-0.2, -0.15) is 0 Å². The highest BCUT2D eigenvalue weighted by Crippen LogP contribution is 2.27. The Bertz CT molecular complexity index is 1080. The molecule has 0 saturated carbocycles. The first-order chi connectivity index (χ1) is 15.4. The number of hydrogen-bond donors (Lipinski definition) is 1. The lowest BCUT2D eigenvalue weighted by atomic mass is 10.00. The summed E-state index contributed by atoms with van der Waals surface area (Å²) in [5.41, 5.74) is 4.61. The van der Waals surface area contributed by atoms with Crippen LogP contribution in [0.25, 0.3) is 11.1 Å². The van der Waals surface area contributed by atoms with Crippen LogP contribution in [0.3, 0.4) is 0 Å². The maximum Gasteiger partial charge on any atom is 0.243 e. The monoisotopic (exact) mass is 436 g/mol. The zero-order valence-corrected chi connectivity index (χ0v) is 18.7. The van der Waals surface area contributed by atoms with Crippen molar-refractivity contribution in [1.29, 1.82) is 0 Å². The fourth-order valence-corrected chi connectivity index (χ4v) is 4.24. The Balaban J connectivity index is 1.37. The molecule has 2 amide bonds. The largest absolute Gasteiger partial charge is 0.361 e. The molecular weight excluding hydrogens is 408 g/mol. The molecule has 1 aromatic carbocycles. The first-order valence-electron chi connectivity index (χ1n) is 10.9. The number of carbonyl (C=O) groups excluding carboxylic acids is 2. The van der Waals surface area contributed by atoms with Crippen molar-refractivity contribution in [3.63, 3.8) is 0 Å². The van der Waals surface area contributed by atoms with Gasteiger partial charge >= 0.3 is 0 Å². The van der Waals surface area contributed by atoms with E-state index in [9.17, 15) is 9.59 Å². The summed E-state index contributed by atoms with van der Waals surface area (Å²) in [5.74, 6) is 1.08. The number of piperidine rings is 1. The molecule has 3 heterocycles. The predicted molar refractivity (Wildman–Crippen MR) is 118 cm³/mol. The minimum atomic E-state index is -0.457. The van der Waals surface area contributed by atoms with E-state index in [4.69, 9.17) is 9.05 Å². The van der Waals surface area contributed by atoms with Crippen molar-refractivity contribution in [1.82, 2.24) is 20.5 Å². The highest BCUT2D eigenvalue weighted by Gasteiger charge is 2.32. The van der Waals surface area contributed by atoms with E-state index in [-0.39, 0.29) is 18.2 Å². The average molecular weight is 437 g/mol. The number of carbonyl (C=O) groups is 2. The molecule has 1 saturated heterocycles. The molecule has 0 aliphatic carbocycles. The van der Waals surface area contributed by atoms with Gasteiger partial charge in [0.15, 0.2) is 0 Å². The summed E-state index contributed by atoms with van der Waals surface area (Å²) in [4.78, 5) is 27.4. The normalized spacial score (nSPS) is 16.2. The van der Waals surface area contributed by atoms with Gasteiger partial charge < -0.3 is 19.3 Å². The van der Waals surface area contributed by atoms with Crippen LogP contribution >= 0.6 is 0 Å². The quantitative estimate of drug-likeness (QED) is 0.635. The predicted octanol–water partition coefficient (Wildman–Crippen LogP) is 3.49. The number of nitrogens with one attached hydrogen (secondary N) is 1. The van der Waals surface area contributed by atoms with Crippen molar-refractivity contribution in [2.75, 3.05) is 6.54 Å². The molecule has 0 spiro atoms. The number of rotatable bonds is 6. The van der Waals surface area contributed by atoms with E-state index in [1.54, 1.807) is 11.0 Å². The van der Waals surface area contributed by atoms with Gasteiger partial charge in [-0.3, -0.25) is 9.59 Å². The molecule has 2 aromatic heterocycles.